The van der Waals surface area contributed by atoms with Gasteiger partial charge in [-0.05, 0) is 71.3 Å². The molecule has 24 heavy (non-hydrogen) atoms. The second-order valence-electron chi connectivity index (χ2n) is 5.74. The Morgan fingerprint density at radius 2 is 2.00 bits per heavy atom. The lowest BCUT2D eigenvalue weighted by atomic mass is 9.78. The molecule has 0 bridgehead atoms. The maximum absolute atomic E-state index is 12.0. The fourth-order valence-electron chi connectivity index (χ4n) is 3.20. The van der Waals surface area contributed by atoms with Gasteiger partial charge in [-0.3, -0.25) is 4.98 Å². The lowest BCUT2D eigenvalue weighted by Crippen LogP contribution is -2.27. The number of aliphatic carboxylic acids is 1. The van der Waals surface area contributed by atoms with E-state index in [0.717, 1.165) is 26.0 Å². The van der Waals surface area contributed by atoms with Crippen LogP contribution in [0.2, 0.25) is 0 Å². The normalized spacial score (nSPS) is 17.7. The summed E-state index contributed by atoms with van der Waals surface area (Å²) in [6, 6.07) is 11.8. The van der Waals surface area contributed by atoms with E-state index >= 15 is 0 Å². The molecule has 1 aromatic carbocycles. The van der Waals surface area contributed by atoms with Crippen LogP contribution >= 0.6 is 22.6 Å². The number of benzene rings is 1. The molecule has 1 aromatic heterocycles. The first-order chi connectivity index (χ1) is 11.5. The zero-order chi connectivity index (χ0) is 17.3. The second-order valence-corrected chi connectivity index (χ2v) is 6.98. The zero-order valence-corrected chi connectivity index (χ0v) is 15.5. The van der Waals surface area contributed by atoms with E-state index in [1.807, 2.05) is 50.2 Å². The number of hydrogen-bond acceptors (Lipinski definition) is 3. The molecule has 2 heterocycles. The number of carboxylic acids is 1. The summed E-state index contributed by atoms with van der Waals surface area (Å²) in [7, 11) is 0. The topological polar surface area (TPSA) is 62.2 Å². The molecule has 3 rings (SSSR count). The van der Waals surface area contributed by atoms with Crippen molar-refractivity contribution in [2.24, 2.45) is 0 Å². The number of halogens is 1. The van der Waals surface area contributed by atoms with Crippen LogP contribution in [0.25, 0.3) is 5.57 Å². The van der Waals surface area contributed by atoms with Crippen LogP contribution in [0, 0.1) is 3.57 Å². The van der Waals surface area contributed by atoms with Crippen molar-refractivity contribution in [1.29, 1.82) is 0 Å². The molecule has 2 aromatic rings. The van der Waals surface area contributed by atoms with E-state index in [9.17, 15) is 9.90 Å². The van der Waals surface area contributed by atoms with Crippen molar-refractivity contribution >= 4 is 34.1 Å². The Bertz CT molecular complexity index is 857. The number of pyridine rings is 1. The third-order valence-electron chi connectivity index (χ3n) is 4.15. The average molecular weight is 432 g/mol. The summed E-state index contributed by atoms with van der Waals surface area (Å²) in [5, 5.41) is 13.0. The summed E-state index contributed by atoms with van der Waals surface area (Å²) in [4.78, 5) is 16.2. The maximum Gasteiger partial charge on any atom is 0.334 e. The van der Waals surface area contributed by atoms with Crippen molar-refractivity contribution in [3.05, 3.63) is 80.5 Å². The number of carbonyl (C=O) groups is 1. The Morgan fingerprint density at radius 3 is 2.62 bits per heavy atom. The first-order valence-corrected chi connectivity index (χ1v) is 8.64. The van der Waals surface area contributed by atoms with E-state index in [1.54, 1.807) is 12.4 Å². The molecule has 0 amide bonds. The SMILES string of the molecule is CC1=C(C(=O)O)C(c2cccc(I)c2)C(c2cccnc2)=C(C)N1. The highest BCUT2D eigenvalue weighted by Crippen LogP contribution is 2.43. The predicted molar refractivity (Wildman–Crippen MR) is 102 cm³/mol. The van der Waals surface area contributed by atoms with Crippen LogP contribution in [0.15, 0.2) is 65.8 Å². The number of dihydropyridines is 1. The van der Waals surface area contributed by atoms with Gasteiger partial charge in [0.2, 0.25) is 0 Å². The first-order valence-electron chi connectivity index (χ1n) is 7.56. The van der Waals surface area contributed by atoms with Gasteiger partial charge >= 0.3 is 5.97 Å². The monoisotopic (exact) mass is 432 g/mol. The number of nitrogens with zero attached hydrogens (tertiary/aromatic N) is 1. The molecule has 0 spiro atoms. The maximum atomic E-state index is 12.0. The van der Waals surface area contributed by atoms with Gasteiger partial charge in [-0.1, -0.05) is 18.2 Å². The summed E-state index contributed by atoms with van der Waals surface area (Å²) in [6.45, 7) is 3.79. The number of carboxylic acid groups (broad SMARTS) is 1. The van der Waals surface area contributed by atoms with E-state index in [4.69, 9.17) is 0 Å². The fourth-order valence-corrected chi connectivity index (χ4v) is 3.77. The highest BCUT2D eigenvalue weighted by Gasteiger charge is 2.33. The van der Waals surface area contributed by atoms with Gasteiger partial charge < -0.3 is 10.4 Å². The van der Waals surface area contributed by atoms with Gasteiger partial charge in [0.05, 0.1) is 5.57 Å². The number of allylic oxidation sites excluding steroid dienone is 3. The van der Waals surface area contributed by atoms with E-state index in [-0.39, 0.29) is 5.92 Å². The molecular weight excluding hydrogens is 415 g/mol. The Morgan fingerprint density at radius 1 is 1.21 bits per heavy atom. The number of nitrogens with one attached hydrogen (secondary N) is 1. The highest BCUT2D eigenvalue weighted by molar-refractivity contribution is 14.1. The van der Waals surface area contributed by atoms with Gasteiger partial charge in [-0.25, -0.2) is 4.79 Å². The molecule has 0 radical (unpaired) electrons. The van der Waals surface area contributed by atoms with Gasteiger partial charge in [-0.2, -0.15) is 0 Å². The van der Waals surface area contributed by atoms with Crippen LogP contribution in [0.5, 0.6) is 0 Å². The molecule has 1 aliphatic rings. The van der Waals surface area contributed by atoms with E-state index in [1.165, 1.54) is 0 Å². The van der Waals surface area contributed by atoms with E-state index < -0.39 is 5.97 Å². The van der Waals surface area contributed by atoms with Crippen LogP contribution in [0.4, 0.5) is 0 Å². The van der Waals surface area contributed by atoms with E-state index in [2.05, 4.69) is 32.9 Å². The first kappa shape index (κ1) is 16.7. The van der Waals surface area contributed by atoms with Crippen molar-refractivity contribution in [3.8, 4) is 0 Å². The standard InChI is InChI=1S/C19H17IN2O2/c1-11-16(14-6-4-8-21-10-14)18(13-5-3-7-15(20)9-13)17(19(23)24)12(2)22-11/h3-10,18,22H,1-2H3,(H,23,24). The van der Waals surface area contributed by atoms with Crippen LogP contribution in [0.3, 0.4) is 0 Å². The molecule has 0 saturated heterocycles. The molecule has 122 valence electrons. The van der Waals surface area contributed by atoms with Crippen LogP contribution in [-0.2, 0) is 4.79 Å². The second kappa shape index (κ2) is 6.76. The zero-order valence-electron chi connectivity index (χ0n) is 13.4. The van der Waals surface area contributed by atoms with Crippen molar-refractivity contribution in [3.63, 3.8) is 0 Å². The smallest absolute Gasteiger partial charge is 0.334 e. The molecule has 2 N–H and O–H groups in total. The molecule has 4 nitrogen and oxygen atoms in total. The Labute approximate surface area is 154 Å². The Kier molecular flexibility index (Phi) is 4.71. The molecule has 1 unspecified atom stereocenters. The van der Waals surface area contributed by atoms with Crippen LogP contribution < -0.4 is 5.32 Å². The largest absolute Gasteiger partial charge is 0.478 e. The fraction of sp³-hybridized carbons (Fsp3) is 0.158. The van der Waals surface area contributed by atoms with Crippen molar-refractivity contribution in [1.82, 2.24) is 10.3 Å². The third-order valence-corrected chi connectivity index (χ3v) is 4.82. The highest BCUT2D eigenvalue weighted by atomic mass is 127. The predicted octanol–water partition coefficient (Wildman–Crippen LogP) is 4.16. The third kappa shape index (κ3) is 3.08. The van der Waals surface area contributed by atoms with Gasteiger partial charge in [0.15, 0.2) is 0 Å². The number of rotatable bonds is 3. The minimum absolute atomic E-state index is 0.331. The lowest BCUT2D eigenvalue weighted by molar-refractivity contribution is -0.132. The van der Waals surface area contributed by atoms with Gasteiger partial charge in [0, 0.05) is 33.3 Å². The van der Waals surface area contributed by atoms with Gasteiger partial charge in [0.25, 0.3) is 0 Å². The van der Waals surface area contributed by atoms with Gasteiger partial charge in [-0.15, -0.1) is 0 Å². The lowest BCUT2D eigenvalue weighted by Gasteiger charge is -2.31. The summed E-state index contributed by atoms with van der Waals surface area (Å²) >= 11 is 2.25. The summed E-state index contributed by atoms with van der Waals surface area (Å²) in [6.07, 6.45) is 3.50. The number of hydrogen-bond donors (Lipinski definition) is 2. The molecular formula is C19H17IN2O2. The van der Waals surface area contributed by atoms with Crippen LogP contribution in [0.1, 0.15) is 30.9 Å². The quantitative estimate of drug-likeness (QED) is 0.716. The van der Waals surface area contributed by atoms with E-state index in [0.29, 0.717) is 11.3 Å². The van der Waals surface area contributed by atoms with Crippen molar-refractivity contribution in [2.75, 3.05) is 0 Å². The van der Waals surface area contributed by atoms with Gasteiger partial charge in [0.1, 0.15) is 0 Å². The number of aromatic nitrogens is 1. The molecule has 0 aliphatic carbocycles. The minimum atomic E-state index is -0.905. The average Bonchev–Trinajstić information content (AvgIpc) is 2.54. The molecule has 5 heteroatoms. The Hall–Kier alpha value is -2.15. The summed E-state index contributed by atoms with van der Waals surface area (Å²) < 4.78 is 1.08. The Balaban J connectivity index is 2.25. The molecule has 0 saturated carbocycles. The molecule has 1 atom stereocenters. The summed E-state index contributed by atoms with van der Waals surface area (Å²) in [5.41, 5.74) is 4.86. The minimum Gasteiger partial charge on any atom is -0.478 e. The van der Waals surface area contributed by atoms with Crippen molar-refractivity contribution in [2.45, 2.75) is 19.8 Å². The van der Waals surface area contributed by atoms with Crippen molar-refractivity contribution < 1.29 is 9.90 Å². The summed E-state index contributed by atoms with van der Waals surface area (Å²) in [5.74, 6) is -1.24. The van der Waals surface area contributed by atoms with Crippen LogP contribution in [-0.4, -0.2) is 16.1 Å². The molecule has 1 aliphatic heterocycles. The molecule has 0 fully saturated rings.